The summed E-state index contributed by atoms with van der Waals surface area (Å²) in [5, 5.41) is 0. The summed E-state index contributed by atoms with van der Waals surface area (Å²) in [7, 11) is 0. The van der Waals surface area contributed by atoms with Gasteiger partial charge in [0.1, 0.15) is 0 Å². The van der Waals surface area contributed by atoms with Gasteiger partial charge in [0.2, 0.25) is 0 Å². The van der Waals surface area contributed by atoms with Gasteiger partial charge in [-0.05, 0) is 0 Å². The maximum Gasteiger partial charge on any atom is 0 e. The number of hydrogen-bond donors (Lipinski definition) is 0. The van der Waals surface area contributed by atoms with Crippen LogP contribution in [0.1, 0.15) is 0 Å². The topological polar surface area (TPSA) is 0 Å². The van der Waals surface area contributed by atoms with Gasteiger partial charge < -0.3 is 0 Å². The Balaban J connectivity index is 0. The second-order valence-corrected chi connectivity index (χ2v) is 0. The van der Waals surface area contributed by atoms with Crippen LogP contribution in [0, 0.1) is 0 Å². The van der Waals surface area contributed by atoms with Crippen molar-refractivity contribution in [2.45, 2.75) is 0 Å². The Kier molecular flexibility index (Phi) is 0. The van der Waals surface area contributed by atoms with Crippen molar-refractivity contribution in [1.29, 1.82) is 0 Å². The predicted molar refractivity (Wildman–Crippen MR) is 0 cm³/mol. The summed E-state index contributed by atoms with van der Waals surface area (Å²) in [6, 6.07) is 0. The SMILES string of the molecule is [Rf].[Rf].[Rf].[Rf].[Rf].[Rf].[Rf].[Rf].[Rf].[Rf].[Rf].[Rf].[Rf]. The molecule has 0 radical (unpaired) electrons. The van der Waals surface area contributed by atoms with E-state index in [0.717, 1.165) is 0 Å². The zero-order chi connectivity index (χ0) is 0. The molecule has 0 unspecified atom stereocenters. The third kappa shape index (κ3) is -0.0533. The molecule has 0 aliphatic rings. The molecular formula is Rf13. The molecule has 13 heavy (non-hydrogen) atoms. The number of hydrogen-bond acceptors (Lipinski definition) is 0. The zero-order valence-electron chi connectivity index (χ0n) is 9.19. The van der Waals surface area contributed by atoms with Crippen molar-refractivity contribution in [3.63, 3.8) is 0 Å². The van der Waals surface area contributed by atoms with Crippen LogP contribution in [0.4, 0.5) is 0 Å². The van der Waals surface area contributed by atoms with Crippen molar-refractivity contribution in [3.05, 3.63) is 0 Å². The van der Waals surface area contributed by atoms with Crippen LogP contribution in [0.2, 0.25) is 0 Å². The molecule has 0 amide bonds. The van der Waals surface area contributed by atoms with Crippen molar-refractivity contribution in [1.82, 2.24) is 0 Å². The fourth-order valence-corrected chi connectivity index (χ4v) is 0. The molecule has 0 saturated carbocycles. The molecule has 0 saturated heterocycles. The van der Waals surface area contributed by atoms with Gasteiger partial charge in [-0.15, -0.1) is 0 Å². The van der Waals surface area contributed by atoms with E-state index in [1.165, 1.54) is 0 Å². The van der Waals surface area contributed by atoms with E-state index in [-0.39, 0.29) is 0 Å². The first-order valence-corrected chi connectivity index (χ1v) is 0. The van der Waals surface area contributed by atoms with E-state index in [9.17, 15) is 0 Å². The standard InChI is InChI=1S/13Rf. The fraction of sp³-hybridized carbons (Fsp3) is 0. The van der Waals surface area contributed by atoms with Crippen LogP contribution in [0.5, 0.6) is 0 Å². The molecule has 0 N–H and O–H groups in total. The molecule has 0 bridgehead atoms. The molecule has 0 spiro atoms. The summed E-state index contributed by atoms with van der Waals surface area (Å²) in [5.41, 5.74) is 0. The minimum atomic E-state index is 0. The molecule has 26 valence electrons. The molecule has 0 aliphatic carbocycles. The Labute approximate surface area is 0 Å². The van der Waals surface area contributed by atoms with Gasteiger partial charge in [0.05, 0.1) is 0 Å². The molecule has 0 atom stereocenters. The first-order valence-electron chi connectivity index (χ1n) is 0. The predicted octanol–water partition coefficient (Wildman–Crippen LogP) is 0. The monoisotopic (exact) mass is 3470 g/mol. The second kappa shape index (κ2) is -0.0237. The van der Waals surface area contributed by atoms with Crippen molar-refractivity contribution < 1.29 is 0 Å². The summed E-state index contributed by atoms with van der Waals surface area (Å²) < 4.78 is 0. The van der Waals surface area contributed by atoms with E-state index >= 15 is 0 Å². The van der Waals surface area contributed by atoms with Crippen molar-refractivity contribution in [2.75, 3.05) is 0 Å². The summed E-state index contributed by atoms with van der Waals surface area (Å²) in [6.07, 6.45) is 0. The second-order valence-electron chi connectivity index (χ2n) is 0. The van der Waals surface area contributed by atoms with Crippen molar-refractivity contribution in [2.24, 2.45) is 0 Å². The molecule has 0 aliphatic heterocycles. The molecule has 0 nitrogen and oxygen atoms in total. The van der Waals surface area contributed by atoms with Crippen molar-refractivity contribution in [3.8, 4) is 0 Å². The Morgan fingerprint density at radius 3 is 0.0769 bits per heavy atom. The van der Waals surface area contributed by atoms with Crippen LogP contribution in [-0.4, -0.2) is 0 Å². The molecule has 13 heteroatoms. The Bertz CT molecular complexity index is 0. The molecule has 0 aromatic carbocycles. The van der Waals surface area contributed by atoms with E-state index in [0.29, 0.717) is 0 Å². The fourth-order valence-electron chi connectivity index (χ4n) is 0. The van der Waals surface area contributed by atoms with Crippen LogP contribution in [0.3, 0.4) is 0 Å². The van der Waals surface area contributed by atoms with Gasteiger partial charge in [0.25, 0.3) is 0 Å². The molecule has 0 rings (SSSR count). The van der Waals surface area contributed by atoms with Gasteiger partial charge in [0.15, 0.2) is 0 Å². The van der Waals surface area contributed by atoms with Crippen LogP contribution in [0.15, 0.2) is 0 Å². The smallest absolute Gasteiger partial charge is 0 e. The summed E-state index contributed by atoms with van der Waals surface area (Å²) in [4.78, 5) is 0. The third-order valence-corrected chi connectivity index (χ3v) is 0. The van der Waals surface area contributed by atoms with Crippen LogP contribution >= 0.6 is 0 Å². The maximum atomic E-state index is 0. The van der Waals surface area contributed by atoms with Crippen LogP contribution in [0.25, 0.3) is 0 Å². The van der Waals surface area contributed by atoms with Gasteiger partial charge in [-0.2, -0.15) is 0 Å². The molecule has 0 aromatic rings. The normalized spacial score (nSPS) is 0. The Morgan fingerprint density at radius 2 is 0.0769 bits per heavy atom. The first kappa shape index (κ1) is 0. The minimum Gasteiger partial charge on any atom is 0 e. The number of rotatable bonds is 0. The van der Waals surface area contributed by atoms with Gasteiger partial charge in [-0.25, -0.2) is 0 Å². The molecule has 0 fully saturated rings. The molecule has 0 aromatic heterocycles. The first-order chi connectivity index (χ1) is 0. The van der Waals surface area contributed by atoms with E-state index in [2.05, 4.69) is 0 Å². The quantitative estimate of drug-likeness (QED) is 0.321. The molecular weight excluding hydrogens is 3470 g/mol. The average molecular weight is 3470 g/mol. The summed E-state index contributed by atoms with van der Waals surface area (Å²) in [6.45, 7) is 0. The minimum absolute atomic E-state index is 0. The van der Waals surface area contributed by atoms with Crippen molar-refractivity contribution >= 4 is 0 Å². The van der Waals surface area contributed by atoms with Gasteiger partial charge >= 0.3 is 0 Å². The van der Waals surface area contributed by atoms with Crippen LogP contribution < -0.4 is 0 Å². The third-order valence-electron chi connectivity index (χ3n) is 0. The average Bonchev–Trinajstić information content (AvgIpc) is 0. The zero-order valence-corrected chi connectivity index (χ0v) is 92.4. The van der Waals surface area contributed by atoms with Gasteiger partial charge in [-0.1, -0.05) is 0 Å². The van der Waals surface area contributed by atoms with Gasteiger partial charge in [-0.3, -0.25) is 0 Å². The van der Waals surface area contributed by atoms with Gasteiger partial charge in [0, 0.05) is 0 Å². The van der Waals surface area contributed by atoms with E-state index in [1.54, 1.807) is 0 Å². The Hall–Kier alpha value is -13.0. The largest absolute Gasteiger partial charge is 0 e. The van der Waals surface area contributed by atoms with E-state index in [1.807, 2.05) is 0 Å². The summed E-state index contributed by atoms with van der Waals surface area (Å²) in [5.74, 6) is 0. The maximum absolute atomic E-state index is 0. The summed E-state index contributed by atoms with van der Waals surface area (Å²) >= 11 is 0. The van der Waals surface area contributed by atoms with Crippen LogP contribution in [-0.2, 0) is 0 Å². The van der Waals surface area contributed by atoms with E-state index in [4.69, 9.17) is 0 Å². The Morgan fingerprint density at radius 1 is 0.0769 bits per heavy atom. The van der Waals surface area contributed by atoms with E-state index < -0.39 is 0 Å². The molecule has 0 heterocycles.